The molecule has 3 heterocycles. The molecule has 120 valence electrons. The highest BCUT2D eigenvalue weighted by molar-refractivity contribution is 5.93. The largest absolute Gasteiger partial charge is 0.399 e. The molecular weight excluding hydrogens is 310 g/mol. The number of imidazole rings is 1. The first kappa shape index (κ1) is 14.4. The lowest BCUT2D eigenvalue weighted by atomic mass is 10.1. The van der Waals surface area contributed by atoms with Gasteiger partial charge in [0.2, 0.25) is 0 Å². The van der Waals surface area contributed by atoms with Crippen molar-refractivity contribution in [1.82, 2.24) is 14.5 Å². The lowest BCUT2D eigenvalue weighted by molar-refractivity contribution is -0.260. The number of carbonyl (C=O) groups excluding carboxylic acids is 2. The van der Waals surface area contributed by atoms with Crippen molar-refractivity contribution >= 4 is 23.0 Å². The summed E-state index contributed by atoms with van der Waals surface area (Å²) in [6.45, 7) is 1.75. The summed E-state index contributed by atoms with van der Waals surface area (Å²) in [6.07, 6.45) is 2.79. The highest BCUT2D eigenvalue weighted by Crippen LogP contribution is 2.37. The van der Waals surface area contributed by atoms with Crippen molar-refractivity contribution in [3.63, 3.8) is 0 Å². The standard InChI is InChI=1S/C17H13N3O4/c1-11-19-13-10-18-8-7-14(13)20(11)17(12-5-3-2-4-6-12)23-15(21)9-16(22)24-17/h2-8,10H,9H2,1H3. The Labute approximate surface area is 136 Å². The number of ether oxygens (including phenoxy) is 2. The van der Waals surface area contributed by atoms with Crippen molar-refractivity contribution in [3.8, 4) is 0 Å². The molecule has 0 amide bonds. The molecule has 1 aromatic carbocycles. The molecule has 0 spiro atoms. The van der Waals surface area contributed by atoms with E-state index >= 15 is 0 Å². The van der Waals surface area contributed by atoms with Crippen LogP contribution in [-0.4, -0.2) is 26.5 Å². The van der Waals surface area contributed by atoms with Crippen molar-refractivity contribution in [2.24, 2.45) is 0 Å². The Morgan fingerprint density at radius 3 is 2.50 bits per heavy atom. The van der Waals surface area contributed by atoms with Gasteiger partial charge in [0.1, 0.15) is 17.8 Å². The Hall–Kier alpha value is -3.22. The predicted octanol–water partition coefficient (Wildman–Crippen LogP) is 1.89. The lowest BCUT2D eigenvalue weighted by Gasteiger charge is -2.37. The minimum Gasteiger partial charge on any atom is -0.399 e. The van der Waals surface area contributed by atoms with Crippen LogP contribution in [0.4, 0.5) is 0 Å². The number of pyridine rings is 1. The van der Waals surface area contributed by atoms with Gasteiger partial charge < -0.3 is 9.47 Å². The molecule has 1 saturated heterocycles. The molecule has 0 unspecified atom stereocenters. The topological polar surface area (TPSA) is 83.3 Å². The summed E-state index contributed by atoms with van der Waals surface area (Å²) in [5.74, 6) is -2.48. The molecule has 0 saturated carbocycles. The van der Waals surface area contributed by atoms with Gasteiger partial charge in [0.05, 0.1) is 17.3 Å². The summed E-state index contributed by atoms with van der Waals surface area (Å²) in [7, 11) is 0. The number of carbonyl (C=O) groups is 2. The summed E-state index contributed by atoms with van der Waals surface area (Å²) in [6, 6.07) is 10.6. The molecule has 0 atom stereocenters. The van der Waals surface area contributed by atoms with Crippen LogP contribution in [0.2, 0.25) is 0 Å². The Bertz CT molecular complexity index is 933. The van der Waals surface area contributed by atoms with Gasteiger partial charge in [-0.1, -0.05) is 18.2 Å². The van der Waals surface area contributed by atoms with Crippen LogP contribution < -0.4 is 0 Å². The highest BCUT2D eigenvalue weighted by Gasteiger charge is 2.49. The zero-order chi connectivity index (χ0) is 16.7. The molecule has 1 aliphatic rings. The fraction of sp³-hybridized carbons (Fsp3) is 0.176. The van der Waals surface area contributed by atoms with Crippen LogP contribution in [-0.2, 0) is 25.0 Å². The molecule has 4 rings (SSSR count). The van der Waals surface area contributed by atoms with E-state index in [1.807, 2.05) is 6.07 Å². The summed E-state index contributed by atoms with van der Waals surface area (Å²) < 4.78 is 12.8. The normalized spacial score (nSPS) is 16.7. The SMILES string of the molecule is Cc1nc2cnccc2n1C1(c2ccccc2)OC(=O)CC(=O)O1. The molecule has 0 bridgehead atoms. The molecule has 0 aliphatic carbocycles. The zero-order valence-electron chi connectivity index (χ0n) is 12.8. The van der Waals surface area contributed by atoms with Gasteiger partial charge in [-0.25, -0.2) is 4.98 Å². The maximum absolute atomic E-state index is 12.0. The van der Waals surface area contributed by atoms with Crippen LogP contribution in [0, 0.1) is 6.92 Å². The van der Waals surface area contributed by atoms with Gasteiger partial charge in [0.15, 0.2) is 0 Å². The number of cyclic esters (lactones) is 2. The third kappa shape index (κ3) is 2.05. The summed E-state index contributed by atoms with van der Waals surface area (Å²) >= 11 is 0. The molecule has 1 fully saturated rings. The first-order valence-corrected chi connectivity index (χ1v) is 7.39. The van der Waals surface area contributed by atoms with Crippen molar-refractivity contribution in [1.29, 1.82) is 0 Å². The van der Waals surface area contributed by atoms with Gasteiger partial charge in [-0.3, -0.25) is 19.1 Å². The average Bonchev–Trinajstić information content (AvgIpc) is 2.91. The fourth-order valence-corrected chi connectivity index (χ4v) is 2.93. The third-order valence-electron chi connectivity index (χ3n) is 3.85. The number of aromatic nitrogens is 3. The zero-order valence-corrected chi connectivity index (χ0v) is 12.8. The number of nitrogens with zero attached hydrogens (tertiary/aromatic N) is 3. The Kier molecular flexibility index (Phi) is 3.09. The maximum Gasteiger partial charge on any atom is 0.376 e. The van der Waals surface area contributed by atoms with Gasteiger partial charge in [0, 0.05) is 6.20 Å². The first-order chi connectivity index (χ1) is 11.6. The first-order valence-electron chi connectivity index (χ1n) is 7.39. The minimum atomic E-state index is -1.71. The van der Waals surface area contributed by atoms with Crippen molar-refractivity contribution < 1.29 is 19.1 Å². The second kappa shape index (κ2) is 5.16. The van der Waals surface area contributed by atoms with Crippen molar-refractivity contribution in [2.45, 2.75) is 19.3 Å². The van der Waals surface area contributed by atoms with E-state index in [4.69, 9.17) is 9.47 Å². The van der Waals surface area contributed by atoms with Gasteiger partial charge in [-0.15, -0.1) is 0 Å². The van der Waals surface area contributed by atoms with E-state index < -0.39 is 24.3 Å². The molecule has 2 aromatic heterocycles. The maximum atomic E-state index is 12.0. The summed E-state index contributed by atoms with van der Waals surface area (Å²) in [5.41, 5.74) is 1.78. The number of fused-ring (bicyclic) bond motifs is 1. The number of esters is 2. The van der Waals surface area contributed by atoms with Crippen LogP contribution in [0.1, 0.15) is 17.8 Å². The van der Waals surface area contributed by atoms with E-state index in [0.717, 1.165) is 0 Å². The van der Waals surface area contributed by atoms with E-state index in [-0.39, 0.29) is 0 Å². The van der Waals surface area contributed by atoms with Gasteiger partial charge in [-0.2, -0.15) is 0 Å². The number of hydrogen-bond acceptors (Lipinski definition) is 6. The summed E-state index contributed by atoms with van der Waals surface area (Å²) in [5, 5.41) is 0. The predicted molar refractivity (Wildman–Crippen MR) is 82.6 cm³/mol. The van der Waals surface area contributed by atoms with Gasteiger partial charge in [-0.05, 0) is 25.1 Å². The van der Waals surface area contributed by atoms with Crippen LogP contribution in [0.5, 0.6) is 0 Å². The number of aryl methyl sites for hydroxylation is 1. The Morgan fingerprint density at radius 1 is 1.08 bits per heavy atom. The third-order valence-corrected chi connectivity index (χ3v) is 3.85. The smallest absolute Gasteiger partial charge is 0.376 e. The molecule has 0 N–H and O–H groups in total. The molecule has 3 aromatic rings. The van der Waals surface area contributed by atoms with Crippen molar-refractivity contribution in [3.05, 3.63) is 60.2 Å². The Morgan fingerprint density at radius 2 is 1.79 bits per heavy atom. The number of rotatable bonds is 2. The van der Waals surface area contributed by atoms with E-state index in [1.165, 1.54) is 0 Å². The van der Waals surface area contributed by atoms with E-state index in [9.17, 15) is 9.59 Å². The van der Waals surface area contributed by atoms with E-state index in [2.05, 4.69) is 9.97 Å². The van der Waals surface area contributed by atoms with Crippen LogP contribution >= 0.6 is 0 Å². The second-order valence-corrected chi connectivity index (χ2v) is 5.43. The molecule has 0 radical (unpaired) electrons. The molecular formula is C17H13N3O4. The lowest BCUT2D eigenvalue weighted by Crippen LogP contribution is -2.48. The number of hydrogen-bond donors (Lipinski definition) is 0. The molecule has 7 heteroatoms. The monoisotopic (exact) mass is 323 g/mol. The molecule has 7 nitrogen and oxygen atoms in total. The Balaban J connectivity index is 2.05. The van der Waals surface area contributed by atoms with Crippen molar-refractivity contribution in [2.75, 3.05) is 0 Å². The van der Waals surface area contributed by atoms with Crippen LogP contribution in [0.25, 0.3) is 11.0 Å². The minimum absolute atomic E-state index is 0.415. The fourth-order valence-electron chi connectivity index (χ4n) is 2.93. The highest BCUT2D eigenvalue weighted by atomic mass is 16.8. The summed E-state index contributed by atoms with van der Waals surface area (Å²) in [4.78, 5) is 32.5. The average molecular weight is 323 g/mol. The second-order valence-electron chi connectivity index (χ2n) is 5.43. The molecule has 1 aliphatic heterocycles. The van der Waals surface area contributed by atoms with Gasteiger partial charge in [0.25, 0.3) is 0 Å². The van der Waals surface area contributed by atoms with E-state index in [1.54, 1.807) is 54.2 Å². The quantitative estimate of drug-likeness (QED) is 0.529. The van der Waals surface area contributed by atoms with Crippen LogP contribution in [0.15, 0.2) is 48.8 Å². The van der Waals surface area contributed by atoms with Gasteiger partial charge >= 0.3 is 17.8 Å². The van der Waals surface area contributed by atoms with Crippen LogP contribution in [0.3, 0.4) is 0 Å². The molecule has 24 heavy (non-hydrogen) atoms. The van der Waals surface area contributed by atoms with E-state index in [0.29, 0.717) is 22.4 Å². The number of benzene rings is 1.